The van der Waals surface area contributed by atoms with Crippen LogP contribution < -0.4 is 0 Å². The van der Waals surface area contributed by atoms with Gasteiger partial charge in [-0.15, -0.1) is 0 Å². The van der Waals surface area contributed by atoms with Crippen molar-refractivity contribution in [2.24, 2.45) is 5.92 Å². The Bertz CT molecular complexity index is 923. The highest BCUT2D eigenvalue weighted by Gasteiger charge is 2.54. The molecule has 3 aromatic rings. The molecule has 4 heterocycles. The third kappa shape index (κ3) is 2.25. The van der Waals surface area contributed by atoms with E-state index in [1.807, 2.05) is 4.90 Å². The lowest BCUT2D eigenvalue weighted by Crippen LogP contribution is -2.35. The molecule has 5 rings (SSSR count). The second-order valence-electron chi connectivity index (χ2n) is 6.92. The molecule has 1 amide bonds. The molecule has 132 valence electrons. The van der Waals surface area contributed by atoms with Gasteiger partial charge in [-0.2, -0.15) is 4.98 Å². The van der Waals surface area contributed by atoms with E-state index < -0.39 is 0 Å². The molecule has 0 bridgehead atoms. The maximum absolute atomic E-state index is 12.7. The molecule has 0 N–H and O–H groups in total. The van der Waals surface area contributed by atoms with Crippen LogP contribution in [0.15, 0.2) is 45.9 Å². The predicted molar refractivity (Wildman–Crippen MR) is 89.0 cm³/mol. The predicted octanol–water partition coefficient (Wildman–Crippen LogP) is 2.31. The SMILES string of the molecule is O=C(c1ccco1)N1C[C@H]2CCC[C@@]2(c2noc(-c3cnccn3)n2)C1. The average Bonchev–Trinajstić information content (AvgIpc) is 3.44. The molecule has 0 aromatic carbocycles. The Balaban J connectivity index is 1.46. The Hall–Kier alpha value is -3.03. The summed E-state index contributed by atoms with van der Waals surface area (Å²) in [5, 5.41) is 4.25. The van der Waals surface area contributed by atoms with Gasteiger partial charge in [-0.1, -0.05) is 11.6 Å². The zero-order valence-corrected chi connectivity index (χ0v) is 14.0. The van der Waals surface area contributed by atoms with E-state index >= 15 is 0 Å². The summed E-state index contributed by atoms with van der Waals surface area (Å²) in [7, 11) is 0. The fraction of sp³-hybridized carbons (Fsp3) is 0.389. The molecular formula is C18H17N5O3. The number of hydrogen-bond donors (Lipinski definition) is 0. The van der Waals surface area contributed by atoms with Gasteiger partial charge in [-0.05, 0) is 30.9 Å². The summed E-state index contributed by atoms with van der Waals surface area (Å²) in [6.45, 7) is 1.27. The topological polar surface area (TPSA) is 98.2 Å². The van der Waals surface area contributed by atoms with Crippen molar-refractivity contribution in [3.05, 3.63) is 48.6 Å². The zero-order chi connectivity index (χ0) is 17.6. The molecule has 0 spiro atoms. The lowest BCUT2D eigenvalue weighted by atomic mass is 9.80. The first-order valence-corrected chi connectivity index (χ1v) is 8.70. The van der Waals surface area contributed by atoms with E-state index in [1.54, 1.807) is 30.7 Å². The number of rotatable bonds is 3. The molecule has 2 fully saturated rings. The molecule has 1 aliphatic heterocycles. The van der Waals surface area contributed by atoms with Gasteiger partial charge in [0.05, 0.1) is 17.9 Å². The summed E-state index contributed by atoms with van der Waals surface area (Å²) in [4.78, 5) is 27.4. The monoisotopic (exact) mass is 351 g/mol. The Kier molecular flexibility index (Phi) is 3.37. The van der Waals surface area contributed by atoms with E-state index in [9.17, 15) is 4.79 Å². The van der Waals surface area contributed by atoms with E-state index in [1.165, 1.54) is 6.26 Å². The number of amides is 1. The second-order valence-corrected chi connectivity index (χ2v) is 6.92. The van der Waals surface area contributed by atoms with E-state index in [-0.39, 0.29) is 11.3 Å². The summed E-state index contributed by atoms with van der Waals surface area (Å²) in [6, 6.07) is 3.43. The molecule has 3 aromatic heterocycles. The van der Waals surface area contributed by atoms with Crippen molar-refractivity contribution in [2.75, 3.05) is 13.1 Å². The van der Waals surface area contributed by atoms with Gasteiger partial charge < -0.3 is 13.8 Å². The van der Waals surface area contributed by atoms with Crippen LogP contribution in [0.5, 0.6) is 0 Å². The number of carbonyl (C=O) groups is 1. The van der Waals surface area contributed by atoms with Gasteiger partial charge in [-0.3, -0.25) is 9.78 Å². The molecule has 26 heavy (non-hydrogen) atoms. The van der Waals surface area contributed by atoms with E-state index in [4.69, 9.17) is 8.94 Å². The standard InChI is InChI=1S/C18H17N5O3/c24-16(14-4-2-8-25-14)23-10-12-3-1-5-18(12,11-23)17-21-15(26-22-17)13-9-19-6-7-20-13/h2,4,6-9,12H,1,3,5,10-11H2/t12-,18-/m1/s1. The highest BCUT2D eigenvalue weighted by molar-refractivity contribution is 5.91. The largest absolute Gasteiger partial charge is 0.459 e. The van der Waals surface area contributed by atoms with Gasteiger partial charge in [0.1, 0.15) is 5.69 Å². The summed E-state index contributed by atoms with van der Waals surface area (Å²) in [6.07, 6.45) is 9.41. The highest BCUT2D eigenvalue weighted by atomic mass is 16.5. The van der Waals surface area contributed by atoms with Crippen molar-refractivity contribution in [1.82, 2.24) is 25.0 Å². The molecule has 8 nitrogen and oxygen atoms in total. The number of likely N-dealkylation sites (tertiary alicyclic amines) is 1. The van der Waals surface area contributed by atoms with Crippen molar-refractivity contribution < 1.29 is 13.7 Å². The first-order valence-electron chi connectivity index (χ1n) is 8.70. The Morgan fingerprint density at radius 2 is 2.31 bits per heavy atom. The smallest absolute Gasteiger partial charge is 0.289 e. The first-order chi connectivity index (χ1) is 12.8. The number of fused-ring (bicyclic) bond motifs is 1. The first kappa shape index (κ1) is 15.2. The number of carbonyl (C=O) groups excluding carboxylic acids is 1. The summed E-state index contributed by atoms with van der Waals surface area (Å²) >= 11 is 0. The van der Waals surface area contributed by atoms with Crippen molar-refractivity contribution in [1.29, 1.82) is 0 Å². The normalized spacial score (nSPS) is 24.8. The van der Waals surface area contributed by atoms with Crippen LogP contribution in [0.2, 0.25) is 0 Å². The second kappa shape index (κ2) is 5.76. The average molecular weight is 351 g/mol. The molecule has 2 atom stereocenters. The fourth-order valence-electron chi connectivity index (χ4n) is 4.30. The van der Waals surface area contributed by atoms with E-state index in [2.05, 4.69) is 20.1 Å². The minimum atomic E-state index is -0.258. The molecule has 2 aliphatic rings. The minimum Gasteiger partial charge on any atom is -0.459 e. The zero-order valence-electron chi connectivity index (χ0n) is 14.0. The maximum atomic E-state index is 12.7. The molecule has 1 saturated heterocycles. The van der Waals surface area contributed by atoms with Crippen LogP contribution in [0.1, 0.15) is 35.6 Å². The van der Waals surface area contributed by atoms with Crippen LogP contribution in [-0.4, -0.2) is 44.0 Å². The third-order valence-electron chi connectivity index (χ3n) is 5.54. The van der Waals surface area contributed by atoms with Crippen LogP contribution in [0.4, 0.5) is 0 Å². The van der Waals surface area contributed by atoms with Crippen LogP contribution in [-0.2, 0) is 5.41 Å². The van der Waals surface area contributed by atoms with Gasteiger partial charge in [0, 0.05) is 25.5 Å². The van der Waals surface area contributed by atoms with Gasteiger partial charge >= 0.3 is 0 Å². The van der Waals surface area contributed by atoms with Gasteiger partial charge in [0.15, 0.2) is 11.6 Å². The summed E-state index contributed by atoms with van der Waals surface area (Å²) in [5.74, 6) is 1.64. The van der Waals surface area contributed by atoms with E-state index in [0.29, 0.717) is 42.2 Å². The molecule has 8 heteroatoms. The molecular weight excluding hydrogens is 334 g/mol. The van der Waals surface area contributed by atoms with Gasteiger partial charge in [0.2, 0.25) is 0 Å². The summed E-state index contributed by atoms with van der Waals surface area (Å²) in [5.41, 5.74) is 0.297. The Labute approximate surface area is 149 Å². The van der Waals surface area contributed by atoms with Crippen molar-refractivity contribution in [2.45, 2.75) is 24.7 Å². The van der Waals surface area contributed by atoms with Crippen LogP contribution in [0, 0.1) is 5.92 Å². The third-order valence-corrected chi connectivity index (χ3v) is 5.54. The Morgan fingerprint density at radius 3 is 3.12 bits per heavy atom. The highest BCUT2D eigenvalue weighted by Crippen LogP contribution is 2.49. The lowest BCUT2D eigenvalue weighted by molar-refractivity contribution is 0.0745. The van der Waals surface area contributed by atoms with Gasteiger partial charge in [-0.25, -0.2) is 4.98 Å². The van der Waals surface area contributed by atoms with Crippen LogP contribution in [0.25, 0.3) is 11.6 Å². The summed E-state index contributed by atoms with van der Waals surface area (Å²) < 4.78 is 10.7. The number of aromatic nitrogens is 4. The quantitative estimate of drug-likeness (QED) is 0.714. The fourth-order valence-corrected chi connectivity index (χ4v) is 4.30. The minimum absolute atomic E-state index is 0.0820. The van der Waals surface area contributed by atoms with Crippen molar-refractivity contribution in [3.63, 3.8) is 0 Å². The maximum Gasteiger partial charge on any atom is 0.289 e. The van der Waals surface area contributed by atoms with E-state index in [0.717, 1.165) is 19.3 Å². The lowest BCUT2D eigenvalue weighted by Gasteiger charge is -2.24. The number of hydrogen-bond acceptors (Lipinski definition) is 7. The van der Waals surface area contributed by atoms with Crippen LogP contribution in [0.3, 0.4) is 0 Å². The molecule has 1 saturated carbocycles. The number of nitrogens with zero attached hydrogens (tertiary/aromatic N) is 5. The molecule has 1 aliphatic carbocycles. The Morgan fingerprint density at radius 1 is 1.35 bits per heavy atom. The number of furan rings is 1. The molecule has 0 radical (unpaired) electrons. The van der Waals surface area contributed by atoms with Gasteiger partial charge in [0.25, 0.3) is 11.8 Å². The van der Waals surface area contributed by atoms with Crippen molar-refractivity contribution in [3.8, 4) is 11.6 Å². The molecule has 0 unspecified atom stereocenters. The van der Waals surface area contributed by atoms with Crippen LogP contribution >= 0.6 is 0 Å². The van der Waals surface area contributed by atoms with Crippen molar-refractivity contribution >= 4 is 5.91 Å².